The molecule has 3 heterocycles. The first kappa shape index (κ1) is 12.3. The van der Waals surface area contributed by atoms with Crippen LogP contribution in [0.1, 0.15) is 11.1 Å². The second kappa shape index (κ2) is 4.73. The molecular formula is C14H13N5O. The summed E-state index contributed by atoms with van der Waals surface area (Å²) in [5.74, 6) is 0.815. The summed E-state index contributed by atoms with van der Waals surface area (Å²) in [5, 5.41) is 3.97. The molecule has 100 valence electrons. The third-order valence-electron chi connectivity index (χ3n) is 2.94. The van der Waals surface area contributed by atoms with E-state index in [1.165, 1.54) is 0 Å². The molecule has 0 amide bonds. The van der Waals surface area contributed by atoms with Crippen molar-refractivity contribution in [3.8, 4) is 23.0 Å². The summed E-state index contributed by atoms with van der Waals surface area (Å²) < 4.78 is 5.26. The molecule has 0 fully saturated rings. The van der Waals surface area contributed by atoms with E-state index in [4.69, 9.17) is 10.3 Å². The van der Waals surface area contributed by atoms with Gasteiger partial charge in [0.2, 0.25) is 5.82 Å². The zero-order valence-corrected chi connectivity index (χ0v) is 11.2. The molecular weight excluding hydrogens is 254 g/mol. The van der Waals surface area contributed by atoms with E-state index in [2.05, 4.69) is 20.1 Å². The van der Waals surface area contributed by atoms with Gasteiger partial charge in [-0.05, 0) is 31.0 Å². The smallest absolute Gasteiger partial charge is 0.260 e. The van der Waals surface area contributed by atoms with Crippen LogP contribution in [0.2, 0.25) is 0 Å². The number of aryl methyl sites for hydroxylation is 2. The van der Waals surface area contributed by atoms with Crippen molar-refractivity contribution in [2.75, 3.05) is 5.73 Å². The van der Waals surface area contributed by atoms with E-state index >= 15 is 0 Å². The van der Waals surface area contributed by atoms with Gasteiger partial charge >= 0.3 is 0 Å². The fourth-order valence-electron chi connectivity index (χ4n) is 1.98. The van der Waals surface area contributed by atoms with E-state index < -0.39 is 0 Å². The molecule has 0 saturated heterocycles. The lowest BCUT2D eigenvalue weighted by atomic mass is 10.1. The third-order valence-corrected chi connectivity index (χ3v) is 2.94. The Morgan fingerprint density at radius 3 is 2.80 bits per heavy atom. The van der Waals surface area contributed by atoms with Crippen LogP contribution in [0.15, 0.2) is 35.2 Å². The number of nitrogens with two attached hydrogens (primary N) is 1. The highest BCUT2D eigenvalue weighted by molar-refractivity contribution is 5.70. The number of hydrogen-bond acceptors (Lipinski definition) is 6. The molecule has 0 radical (unpaired) electrons. The Morgan fingerprint density at radius 2 is 2.05 bits per heavy atom. The van der Waals surface area contributed by atoms with E-state index in [1.807, 2.05) is 19.9 Å². The summed E-state index contributed by atoms with van der Waals surface area (Å²) in [6.45, 7) is 3.95. The summed E-state index contributed by atoms with van der Waals surface area (Å²) in [4.78, 5) is 12.6. The van der Waals surface area contributed by atoms with Gasteiger partial charge in [-0.2, -0.15) is 4.98 Å². The second-order valence-corrected chi connectivity index (χ2v) is 4.56. The lowest BCUT2D eigenvalue weighted by Crippen LogP contribution is -1.92. The molecule has 2 N–H and O–H groups in total. The molecule has 0 unspecified atom stereocenters. The maximum atomic E-state index is 5.84. The second-order valence-electron chi connectivity index (χ2n) is 4.56. The Balaban J connectivity index is 2.04. The molecule has 0 atom stereocenters. The maximum absolute atomic E-state index is 5.84. The largest absolute Gasteiger partial charge is 0.397 e. The quantitative estimate of drug-likeness (QED) is 0.766. The molecule has 3 aromatic heterocycles. The lowest BCUT2D eigenvalue weighted by Gasteiger charge is -2.00. The Kier molecular flexibility index (Phi) is 2.90. The molecule has 0 aliphatic heterocycles. The number of nitrogens with zero attached hydrogens (tertiary/aromatic N) is 4. The van der Waals surface area contributed by atoms with Gasteiger partial charge in [-0.3, -0.25) is 9.97 Å². The Morgan fingerprint density at radius 1 is 1.20 bits per heavy atom. The molecule has 6 nitrogen and oxygen atoms in total. The molecule has 0 aliphatic carbocycles. The van der Waals surface area contributed by atoms with Crippen LogP contribution >= 0.6 is 0 Å². The number of nitrogen functional groups attached to an aromatic ring is 1. The maximum Gasteiger partial charge on any atom is 0.260 e. The molecule has 0 bridgehead atoms. The number of hydrogen-bond donors (Lipinski definition) is 1. The highest BCUT2D eigenvalue weighted by Crippen LogP contribution is 2.26. The zero-order chi connectivity index (χ0) is 14.1. The van der Waals surface area contributed by atoms with Crippen LogP contribution in [-0.2, 0) is 0 Å². The van der Waals surface area contributed by atoms with E-state index in [0.717, 1.165) is 11.1 Å². The zero-order valence-electron chi connectivity index (χ0n) is 11.2. The van der Waals surface area contributed by atoms with Gasteiger partial charge in [0, 0.05) is 12.4 Å². The number of rotatable bonds is 2. The Labute approximate surface area is 115 Å². The van der Waals surface area contributed by atoms with Gasteiger partial charge < -0.3 is 10.3 Å². The monoisotopic (exact) mass is 267 g/mol. The van der Waals surface area contributed by atoms with Crippen LogP contribution in [0.4, 0.5) is 5.69 Å². The van der Waals surface area contributed by atoms with Crippen molar-refractivity contribution in [3.63, 3.8) is 0 Å². The molecule has 0 aliphatic rings. The van der Waals surface area contributed by atoms with E-state index in [0.29, 0.717) is 28.7 Å². The SMILES string of the molecule is Cc1cnc(-c2noc(-c3ccncc3N)n2)c(C)c1. The minimum atomic E-state index is 0.363. The van der Waals surface area contributed by atoms with Crippen molar-refractivity contribution in [1.82, 2.24) is 20.1 Å². The van der Waals surface area contributed by atoms with Crippen molar-refractivity contribution in [2.45, 2.75) is 13.8 Å². The molecule has 3 aromatic rings. The fraction of sp³-hybridized carbons (Fsp3) is 0.143. The molecule has 0 spiro atoms. The van der Waals surface area contributed by atoms with Crippen molar-refractivity contribution < 1.29 is 4.52 Å². The first-order chi connectivity index (χ1) is 9.65. The van der Waals surface area contributed by atoms with Crippen molar-refractivity contribution in [2.24, 2.45) is 0 Å². The average molecular weight is 267 g/mol. The average Bonchev–Trinajstić information content (AvgIpc) is 2.88. The number of aromatic nitrogens is 4. The first-order valence-electron chi connectivity index (χ1n) is 6.12. The molecule has 3 rings (SSSR count). The van der Waals surface area contributed by atoms with Crippen molar-refractivity contribution in [3.05, 3.63) is 41.9 Å². The van der Waals surface area contributed by atoms with Gasteiger partial charge in [0.15, 0.2) is 0 Å². The van der Waals surface area contributed by atoms with Gasteiger partial charge in [0.25, 0.3) is 5.89 Å². The predicted molar refractivity (Wildman–Crippen MR) is 74.6 cm³/mol. The number of pyridine rings is 2. The molecule has 20 heavy (non-hydrogen) atoms. The van der Waals surface area contributed by atoms with Crippen molar-refractivity contribution in [1.29, 1.82) is 0 Å². The minimum absolute atomic E-state index is 0.363. The van der Waals surface area contributed by atoms with Crippen LogP contribution < -0.4 is 5.73 Å². The van der Waals surface area contributed by atoms with Crippen LogP contribution in [0.5, 0.6) is 0 Å². The van der Waals surface area contributed by atoms with E-state index in [-0.39, 0.29) is 0 Å². The standard InChI is InChI=1S/C14H13N5O/c1-8-5-9(2)12(17-6-8)13-18-14(20-19-13)10-3-4-16-7-11(10)15/h3-7H,15H2,1-2H3. The Hall–Kier alpha value is -2.76. The summed E-state index contributed by atoms with van der Waals surface area (Å²) in [6.07, 6.45) is 4.96. The van der Waals surface area contributed by atoms with E-state index in [1.54, 1.807) is 24.7 Å². The van der Waals surface area contributed by atoms with Gasteiger partial charge in [-0.15, -0.1) is 0 Å². The Bertz CT molecular complexity index is 766. The lowest BCUT2D eigenvalue weighted by molar-refractivity contribution is 0.432. The minimum Gasteiger partial charge on any atom is -0.397 e. The highest BCUT2D eigenvalue weighted by Gasteiger charge is 2.15. The van der Waals surface area contributed by atoms with Gasteiger partial charge in [0.05, 0.1) is 17.4 Å². The third kappa shape index (κ3) is 2.11. The summed E-state index contributed by atoms with van der Waals surface area (Å²) in [7, 11) is 0. The molecule has 0 saturated carbocycles. The fourth-order valence-corrected chi connectivity index (χ4v) is 1.98. The van der Waals surface area contributed by atoms with Crippen LogP contribution in [0.3, 0.4) is 0 Å². The predicted octanol–water partition coefficient (Wildman–Crippen LogP) is 2.39. The summed E-state index contributed by atoms with van der Waals surface area (Å²) in [6, 6.07) is 3.77. The number of anilines is 1. The molecule has 6 heteroatoms. The van der Waals surface area contributed by atoms with Crippen LogP contribution in [0, 0.1) is 13.8 Å². The first-order valence-corrected chi connectivity index (χ1v) is 6.12. The van der Waals surface area contributed by atoms with Gasteiger partial charge in [-0.25, -0.2) is 0 Å². The topological polar surface area (TPSA) is 90.7 Å². The van der Waals surface area contributed by atoms with E-state index in [9.17, 15) is 0 Å². The molecule has 0 aromatic carbocycles. The normalized spacial score (nSPS) is 10.7. The summed E-state index contributed by atoms with van der Waals surface area (Å²) in [5.41, 5.74) is 9.81. The highest BCUT2D eigenvalue weighted by atomic mass is 16.5. The van der Waals surface area contributed by atoms with Gasteiger partial charge in [0.1, 0.15) is 5.69 Å². The van der Waals surface area contributed by atoms with Crippen molar-refractivity contribution >= 4 is 5.69 Å². The summed E-state index contributed by atoms with van der Waals surface area (Å²) >= 11 is 0. The van der Waals surface area contributed by atoms with Gasteiger partial charge in [-0.1, -0.05) is 11.2 Å². The van der Waals surface area contributed by atoms with Crippen LogP contribution in [-0.4, -0.2) is 20.1 Å². The van der Waals surface area contributed by atoms with Crippen LogP contribution in [0.25, 0.3) is 23.0 Å².